The predicted molar refractivity (Wildman–Crippen MR) is 206 cm³/mol. The Kier molecular flexibility index (Phi) is 17.8. The van der Waals surface area contributed by atoms with Crippen molar-refractivity contribution in [3.63, 3.8) is 0 Å². The van der Waals surface area contributed by atoms with Gasteiger partial charge in [0.25, 0.3) is 11.8 Å². The van der Waals surface area contributed by atoms with Crippen molar-refractivity contribution < 1.29 is 52.7 Å². The van der Waals surface area contributed by atoms with Gasteiger partial charge in [0, 0.05) is 50.2 Å². The summed E-state index contributed by atoms with van der Waals surface area (Å²) in [5.41, 5.74) is 4.38. The number of carbonyl (C=O) groups excluding carboxylic acids is 8. The highest BCUT2D eigenvalue weighted by atomic mass is 16.7. The van der Waals surface area contributed by atoms with E-state index < -0.39 is 58.1 Å². The van der Waals surface area contributed by atoms with Crippen molar-refractivity contribution in [2.45, 2.75) is 138 Å². The molecule has 0 bridgehead atoms. The van der Waals surface area contributed by atoms with Gasteiger partial charge >= 0.3 is 18.0 Å². The number of imide groups is 1. The first-order valence-electron chi connectivity index (χ1n) is 19.3. The summed E-state index contributed by atoms with van der Waals surface area (Å²) >= 11 is 0. The third-order valence-electron chi connectivity index (χ3n) is 9.71. The van der Waals surface area contributed by atoms with E-state index in [4.69, 9.17) is 20.0 Å². The molecule has 312 valence electrons. The molecule has 2 rings (SSSR count). The first-order chi connectivity index (χ1) is 25.9. The van der Waals surface area contributed by atoms with E-state index in [0.29, 0.717) is 23.5 Å². The Morgan fingerprint density at radius 1 is 0.875 bits per heavy atom. The number of ketones is 2. The molecular formula is C41H62N4O11. The second kappa shape index (κ2) is 21.0. The van der Waals surface area contributed by atoms with Crippen LogP contribution in [0.25, 0.3) is 0 Å². The molecule has 56 heavy (non-hydrogen) atoms. The molecule has 15 heteroatoms. The molecule has 1 aliphatic rings. The third-order valence-corrected chi connectivity index (χ3v) is 9.71. The van der Waals surface area contributed by atoms with Crippen molar-refractivity contribution in [1.29, 1.82) is 0 Å². The quantitative estimate of drug-likeness (QED) is 0.0788. The van der Waals surface area contributed by atoms with E-state index in [9.17, 15) is 38.4 Å². The summed E-state index contributed by atoms with van der Waals surface area (Å²) in [7, 11) is 0. The van der Waals surface area contributed by atoms with Crippen LogP contribution in [0.1, 0.15) is 125 Å². The van der Waals surface area contributed by atoms with E-state index in [1.165, 1.54) is 0 Å². The van der Waals surface area contributed by atoms with Crippen LogP contribution < -0.4 is 16.4 Å². The third kappa shape index (κ3) is 16.2. The zero-order chi connectivity index (χ0) is 42.4. The number of rotatable bonds is 23. The van der Waals surface area contributed by atoms with Gasteiger partial charge in [-0.1, -0.05) is 52.0 Å². The zero-order valence-electron chi connectivity index (χ0n) is 34.5. The van der Waals surface area contributed by atoms with Gasteiger partial charge in [0.15, 0.2) is 5.78 Å². The number of hydrogen-bond donors (Lipinski definition) is 3. The molecule has 0 spiro atoms. The molecule has 1 aromatic carbocycles. The first-order valence-corrected chi connectivity index (χ1v) is 19.3. The summed E-state index contributed by atoms with van der Waals surface area (Å²) in [4.78, 5) is 105. The molecular weight excluding hydrogens is 724 g/mol. The lowest BCUT2D eigenvalue weighted by Crippen LogP contribution is -2.46. The van der Waals surface area contributed by atoms with Crippen LogP contribution in [0.3, 0.4) is 0 Å². The molecule has 0 aromatic heterocycles. The van der Waals surface area contributed by atoms with Crippen LogP contribution >= 0.6 is 0 Å². The molecule has 15 nitrogen and oxygen atoms in total. The normalized spacial score (nSPS) is 14.6. The number of carbonyl (C=O) groups is 8. The van der Waals surface area contributed by atoms with Crippen LogP contribution in [-0.2, 0) is 60.9 Å². The molecule has 1 fully saturated rings. The molecule has 1 saturated heterocycles. The van der Waals surface area contributed by atoms with Crippen molar-refractivity contribution in [3.8, 4) is 0 Å². The van der Waals surface area contributed by atoms with Crippen LogP contribution in [0.4, 0.5) is 4.79 Å². The lowest BCUT2D eigenvalue weighted by Gasteiger charge is -2.30. The maximum atomic E-state index is 13.8. The average Bonchev–Trinajstić information content (AvgIpc) is 3.41. The number of urea groups is 1. The lowest BCUT2D eigenvalue weighted by atomic mass is 9.78. The highest BCUT2D eigenvalue weighted by Crippen LogP contribution is 2.30. The number of nitrogens with two attached hydrogens (primary N) is 1. The molecule has 2 atom stereocenters. The SMILES string of the molecule is CC(C)C(CC(=O)C(C)(C)CCOC(C)(C)CCC(=O)ON1C(=O)CCC1=O)C(=O)N[C@H](CCCNC(N)=O)C(=O)Cc1ccc(COC(=O)C(C)(C)C)cc1. The van der Waals surface area contributed by atoms with Crippen LogP contribution in [0, 0.1) is 22.7 Å². The highest BCUT2D eigenvalue weighted by Gasteiger charge is 2.36. The summed E-state index contributed by atoms with van der Waals surface area (Å²) in [5.74, 6) is -3.95. The van der Waals surface area contributed by atoms with Crippen molar-refractivity contribution in [1.82, 2.24) is 15.7 Å². The maximum Gasteiger partial charge on any atom is 0.333 e. The fourth-order valence-electron chi connectivity index (χ4n) is 5.66. The largest absolute Gasteiger partial charge is 0.460 e. The summed E-state index contributed by atoms with van der Waals surface area (Å²) in [5, 5.41) is 5.89. The number of amides is 5. The monoisotopic (exact) mass is 786 g/mol. The number of ether oxygens (including phenoxy) is 2. The van der Waals surface area contributed by atoms with Crippen molar-refractivity contribution in [3.05, 3.63) is 35.4 Å². The summed E-state index contributed by atoms with van der Waals surface area (Å²) in [6, 6.07) is 5.50. The van der Waals surface area contributed by atoms with E-state index in [1.54, 1.807) is 72.7 Å². The van der Waals surface area contributed by atoms with Gasteiger partial charge < -0.3 is 30.7 Å². The van der Waals surface area contributed by atoms with Crippen LogP contribution in [-0.4, -0.2) is 77.1 Å². The second-order valence-electron chi connectivity index (χ2n) is 17.0. The molecule has 4 N–H and O–H groups in total. The number of hydrogen-bond acceptors (Lipinski definition) is 11. The highest BCUT2D eigenvalue weighted by molar-refractivity contribution is 6.01. The molecule has 1 aromatic rings. The van der Waals surface area contributed by atoms with E-state index >= 15 is 0 Å². The van der Waals surface area contributed by atoms with Gasteiger partial charge in [0.05, 0.1) is 23.5 Å². The number of nitrogens with zero attached hydrogens (tertiary/aromatic N) is 1. The number of benzene rings is 1. The van der Waals surface area contributed by atoms with Gasteiger partial charge in [0.1, 0.15) is 12.4 Å². The molecule has 1 heterocycles. The number of nitrogens with one attached hydrogen (secondary N) is 2. The van der Waals surface area contributed by atoms with Gasteiger partial charge in [-0.3, -0.25) is 28.8 Å². The standard InChI is InChI=1S/C41H62N4O11/c1-26(2)29(24-32(47)40(6,7)20-22-55-41(8,9)19-18-35(50)56-45-33(48)16-17-34(45)49)36(51)44-30(11-10-21-43-38(42)53)31(46)23-27-12-14-28(15-13-27)25-54-37(52)39(3,4)5/h12-15,26,29-30H,10-11,16-25H2,1-9H3,(H,44,51)(H3,42,43,53)/t29?,30-/m1/s1. The summed E-state index contributed by atoms with van der Waals surface area (Å²) < 4.78 is 11.4. The minimum atomic E-state index is -0.891. The van der Waals surface area contributed by atoms with Crippen LogP contribution in [0.15, 0.2) is 24.3 Å². The van der Waals surface area contributed by atoms with Crippen molar-refractivity contribution in [2.75, 3.05) is 13.2 Å². The van der Waals surface area contributed by atoms with E-state index in [0.717, 1.165) is 5.56 Å². The Hall–Kier alpha value is -4.66. The Morgan fingerprint density at radius 3 is 2.02 bits per heavy atom. The molecule has 1 unspecified atom stereocenters. The summed E-state index contributed by atoms with van der Waals surface area (Å²) in [6.45, 7) is 16.6. The number of Topliss-reactive ketones (excluding diaryl/α,β-unsaturated/α-hetero) is 2. The predicted octanol–water partition coefficient (Wildman–Crippen LogP) is 4.65. The Balaban J connectivity index is 2.01. The first kappa shape index (κ1) is 47.5. The Labute approximate surface area is 330 Å². The molecule has 5 amide bonds. The van der Waals surface area contributed by atoms with Gasteiger partial charge in [-0.15, -0.1) is 5.06 Å². The van der Waals surface area contributed by atoms with Gasteiger partial charge in [-0.25, -0.2) is 9.59 Å². The number of hydroxylamine groups is 2. The molecule has 0 saturated carbocycles. The Morgan fingerprint density at radius 2 is 1.46 bits per heavy atom. The topological polar surface area (TPSA) is 218 Å². The molecule has 0 radical (unpaired) electrons. The van der Waals surface area contributed by atoms with E-state index in [2.05, 4.69) is 10.6 Å². The van der Waals surface area contributed by atoms with Crippen molar-refractivity contribution in [2.24, 2.45) is 28.4 Å². The average molecular weight is 787 g/mol. The van der Waals surface area contributed by atoms with Crippen LogP contribution in [0.2, 0.25) is 0 Å². The van der Waals surface area contributed by atoms with Crippen LogP contribution in [0.5, 0.6) is 0 Å². The lowest BCUT2D eigenvalue weighted by molar-refractivity contribution is -0.198. The van der Waals surface area contributed by atoms with Gasteiger partial charge in [-0.2, -0.15) is 0 Å². The minimum Gasteiger partial charge on any atom is -0.460 e. The minimum absolute atomic E-state index is 0.00713. The van der Waals surface area contributed by atoms with Crippen molar-refractivity contribution >= 4 is 47.3 Å². The number of esters is 1. The second-order valence-corrected chi connectivity index (χ2v) is 17.0. The molecule has 0 aliphatic carbocycles. The Bertz CT molecular complexity index is 1560. The summed E-state index contributed by atoms with van der Waals surface area (Å²) in [6.07, 6.45) is 1.04. The smallest absolute Gasteiger partial charge is 0.333 e. The fraction of sp³-hybridized carbons (Fsp3) is 0.659. The van der Waals surface area contributed by atoms with E-state index in [1.807, 2.05) is 13.8 Å². The molecule has 1 aliphatic heterocycles. The maximum absolute atomic E-state index is 13.8. The zero-order valence-corrected chi connectivity index (χ0v) is 34.5. The fourth-order valence-corrected chi connectivity index (χ4v) is 5.66. The number of primary amides is 1. The van der Waals surface area contributed by atoms with E-state index in [-0.39, 0.29) is 88.2 Å². The van der Waals surface area contributed by atoms with Gasteiger partial charge in [-0.05, 0) is 77.3 Å². The van der Waals surface area contributed by atoms with Gasteiger partial charge in [0.2, 0.25) is 5.91 Å².